The molecule has 0 saturated heterocycles. The summed E-state index contributed by atoms with van der Waals surface area (Å²) in [5.74, 6) is 1.39. The van der Waals surface area contributed by atoms with Crippen molar-refractivity contribution in [1.29, 1.82) is 0 Å². The Morgan fingerprint density at radius 3 is 2.50 bits per heavy atom. The minimum atomic E-state index is -1.50. The molecule has 4 atom stereocenters. The molecule has 3 aliphatic carbocycles. The average Bonchev–Trinajstić information content (AvgIpc) is 2.61. The van der Waals surface area contributed by atoms with E-state index in [0.29, 0.717) is 11.3 Å². The van der Waals surface area contributed by atoms with Gasteiger partial charge in [-0.15, -0.1) is 0 Å². The third kappa shape index (κ3) is 1.48. The SMILES string of the molecule is C=C1CC[C@]23CC[C@@H](C)[C@@]2(O[Si](C)(C)C)[C@H]1CC3. The molecule has 3 rings (SSSR count). The highest BCUT2D eigenvalue weighted by molar-refractivity contribution is 6.69. The second-order valence-corrected chi connectivity index (χ2v) is 12.4. The van der Waals surface area contributed by atoms with Crippen molar-refractivity contribution in [2.24, 2.45) is 17.3 Å². The smallest absolute Gasteiger partial charge is 0.184 e. The predicted octanol–water partition coefficient (Wildman–Crippen LogP) is 4.75. The van der Waals surface area contributed by atoms with Gasteiger partial charge in [0.15, 0.2) is 8.32 Å². The van der Waals surface area contributed by atoms with Crippen molar-refractivity contribution in [3.05, 3.63) is 12.2 Å². The van der Waals surface area contributed by atoms with Crippen LogP contribution in [0.1, 0.15) is 45.4 Å². The second kappa shape index (κ2) is 3.73. The van der Waals surface area contributed by atoms with Gasteiger partial charge in [-0.05, 0) is 69.5 Å². The van der Waals surface area contributed by atoms with Crippen LogP contribution in [0.4, 0.5) is 0 Å². The number of hydrogen-bond acceptors (Lipinski definition) is 1. The summed E-state index contributed by atoms with van der Waals surface area (Å²) in [5.41, 5.74) is 2.18. The molecule has 2 heteroatoms. The Balaban J connectivity index is 2.08. The molecule has 3 fully saturated rings. The third-order valence-corrected chi connectivity index (χ3v) is 6.89. The van der Waals surface area contributed by atoms with Crippen LogP contribution in [0.15, 0.2) is 12.2 Å². The van der Waals surface area contributed by atoms with E-state index in [0.717, 1.165) is 5.92 Å². The van der Waals surface area contributed by atoms with Crippen LogP contribution in [0.3, 0.4) is 0 Å². The van der Waals surface area contributed by atoms with Gasteiger partial charge in [-0.1, -0.05) is 19.1 Å². The summed E-state index contributed by atoms with van der Waals surface area (Å²) in [6.45, 7) is 13.9. The molecule has 0 aromatic carbocycles. The first-order chi connectivity index (χ1) is 8.31. The largest absolute Gasteiger partial charge is 0.411 e. The summed E-state index contributed by atoms with van der Waals surface area (Å²) in [5, 5.41) is 0. The summed E-state index contributed by atoms with van der Waals surface area (Å²) < 4.78 is 6.93. The van der Waals surface area contributed by atoms with Gasteiger partial charge in [-0.3, -0.25) is 0 Å². The first-order valence-corrected chi connectivity index (χ1v) is 11.1. The molecule has 1 nitrogen and oxygen atoms in total. The minimum Gasteiger partial charge on any atom is -0.411 e. The zero-order valence-corrected chi connectivity index (χ0v) is 13.5. The fourth-order valence-electron chi connectivity index (χ4n) is 5.41. The highest BCUT2D eigenvalue weighted by atomic mass is 28.4. The van der Waals surface area contributed by atoms with Gasteiger partial charge < -0.3 is 4.43 Å². The summed E-state index contributed by atoms with van der Waals surface area (Å²) in [6, 6.07) is 0. The Labute approximate surface area is 113 Å². The van der Waals surface area contributed by atoms with E-state index in [4.69, 9.17) is 4.43 Å². The lowest BCUT2D eigenvalue weighted by Crippen LogP contribution is -2.57. The molecule has 102 valence electrons. The van der Waals surface area contributed by atoms with Crippen molar-refractivity contribution in [2.45, 2.75) is 70.7 Å². The predicted molar refractivity (Wildman–Crippen MR) is 79.1 cm³/mol. The molecule has 0 unspecified atom stereocenters. The molecule has 3 aliphatic rings. The van der Waals surface area contributed by atoms with Gasteiger partial charge in [-0.25, -0.2) is 0 Å². The Hall–Kier alpha value is -0.0831. The van der Waals surface area contributed by atoms with E-state index >= 15 is 0 Å². The normalized spacial score (nSPS) is 47.4. The molecule has 0 aromatic heterocycles. The van der Waals surface area contributed by atoms with Crippen molar-refractivity contribution in [2.75, 3.05) is 0 Å². The minimum absolute atomic E-state index is 0.173. The molecular weight excluding hydrogens is 236 g/mol. The fraction of sp³-hybridized carbons (Fsp3) is 0.875. The van der Waals surface area contributed by atoms with Crippen LogP contribution >= 0.6 is 0 Å². The average molecular weight is 264 g/mol. The van der Waals surface area contributed by atoms with Gasteiger partial charge in [0, 0.05) is 5.92 Å². The van der Waals surface area contributed by atoms with Crippen molar-refractivity contribution in [3.8, 4) is 0 Å². The van der Waals surface area contributed by atoms with Gasteiger partial charge in [0.05, 0.1) is 5.60 Å². The molecule has 0 radical (unpaired) electrons. The van der Waals surface area contributed by atoms with Crippen molar-refractivity contribution >= 4 is 8.32 Å². The molecule has 2 bridgehead atoms. The van der Waals surface area contributed by atoms with Gasteiger partial charge in [0.25, 0.3) is 0 Å². The lowest BCUT2D eigenvalue weighted by Gasteiger charge is -2.53. The zero-order valence-electron chi connectivity index (χ0n) is 12.5. The van der Waals surface area contributed by atoms with Crippen LogP contribution in [-0.4, -0.2) is 13.9 Å². The molecule has 0 spiro atoms. The lowest BCUT2D eigenvalue weighted by atomic mass is 9.62. The highest BCUT2D eigenvalue weighted by Gasteiger charge is 2.68. The Morgan fingerprint density at radius 2 is 1.83 bits per heavy atom. The molecule has 0 aliphatic heterocycles. The monoisotopic (exact) mass is 264 g/mol. The Kier molecular flexibility index (Phi) is 2.68. The van der Waals surface area contributed by atoms with Crippen LogP contribution in [0, 0.1) is 17.3 Å². The lowest BCUT2D eigenvalue weighted by molar-refractivity contribution is -0.0869. The summed E-state index contributed by atoms with van der Waals surface area (Å²) in [7, 11) is -1.50. The van der Waals surface area contributed by atoms with Gasteiger partial charge in [-0.2, -0.15) is 0 Å². The van der Waals surface area contributed by atoms with E-state index in [1.807, 2.05) is 0 Å². The standard InChI is InChI=1S/C16H28OSi/c1-12-6-9-15-10-7-13(2)16(15,14(12)8-11-15)17-18(3,4)5/h13-14H,1,6-11H2,2-5H3/t13-,14+,15-,16-/m1/s1. The van der Waals surface area contributed by atoms with Crippen molar-refractivity contribution in [3.63, 3.8) is 0 Å². The van der Waals surface area contributed by atoms with E-state index in [1.165, 1.54) is 44.1 Å². The van der Waals surface area contributed by atoms with Crippen LogP contribution in [0.25, 0.3) is 0 Å². The van der Waals surface area contributed by atoms with E-state index in [1.54, 1.807) is 0 Å². The molecule has 0 heterocycles. The fourth-order valence-corrected chi connectivity index (χ4v) is 6.98. The zero-order chi connectivity index (χ0) is 13.2. The summed E-state index contributed by atoms with van der Waals surface area (Å²) >= 11 is 0. The molecule has 18 heavy (non-hydrogen) atoms. The Morgan fingerprint density at radius 1 is 1.17 bits per heavy atom. The van der Waals surface area contributed by atoms with Crippen molar-refractivity contribution < 1.29 is 4.43 Å². The first kappa shape index (κ1) is 12.9. The molecule has 0 N–H and O–H groups in total. The van der Waals surface area contributed by atoms with E-state index < -0.39 is 8.32 Å². The quantitative estimate of drug-likeness (QED) is 0.516. The maximum absolute atomic E-state index is 6.93. The second-order valence-electron chi connectivity index (χ2n) is 7.98. The maximum Gasteiger partial charge on any atom is 0.184 e. The third-order valence-electron chi connectivity index (χ3n) is 5.94. The number of hydrogen-bond donors (Lipinski definition) is 0. The van der Waals surface area contributed by atoms with Gasteiger partial charge in [0.1, 0.15) is 0 Å². The molecule has 0 amide bonds. The highest BCUT2D eigenvalue weighted by Crippen LogP contribution is 2.70. The van der Waals surface area contributed by atoms with Crippen LogP contribution in [0.2, 0.25) is 19.6 Å². The van der Waals surface area contributed by atoms with E-state index in [2.05, 4.69) is 33.1 Å². The summed E-state index contributed by atoms with van der Waals surface area (Å²) in [6.07, 6.45) is 8.11. The van der Waals surface area contributed by atoms with E-state index in [9.17, 15) is 0 Å². The van der Waals surface area contributed by atoms with Crippen LogP contribution in [0.5, 0.6) is 0 Å². The van der Waals surface area contributed by atoms with Gasteiger partial charge >= 0.3 is 0 Å². The van der Waals surface area contributed by atoms with Crippen LogP contribution < -0.4 is 0 Å². The van der Waals surface area contributed by atoms with E-state index in [-0.39, 0.29) is 5.60 Å². The first-order valence-electron chi connectivity index (χ1n) is 7.69. The maximum atomic E-state index is 6.93. The molecule has 0 aromatic rings. The number of rotatable bonds is 2. The topological polar surface area (TPSA) is 9.23 Å². The molecular formula is C16H28OSi. The molecule has 3 saturated carbocycles. The van der Waals surface area contributed by atoms with Crippen LogP contribution in [-0.2, 0) is 4.43 Å². The Bertz CT molecular complexity index is 383. The summed E-state index contributed by atoms with van der Waals surface area (Å²) in [4.78, 5) is 0. The van der Waals surface area contributed by atoms with Gasteiger partial charge in [0.2, 0.25) is 0 Å². The van der Waals surface area contributed by atoms with Crippen molar-refractivity contribution in [1.82, 2.24) is 0 Å².